The highest BCUT2D eigenvalue weighted by Crippen LogP contribution is 2.23. The van der Waals surface area contributed by atoms with E-state index in [1.807, 2.05) is 54.6 Å². The fraction of sp³-hybridized carbons (Fsp3) is 0.115. The lowest BCUT2D eigenvalue weighted by molar-refractivity contribution is -0.110. The van der Waals surface area contributed by atoms with Crippen molar-refractivity contribution in [3.8, 4) is 0 Å². The highest BCUT2D eigenvalue weighted by molar-refractivity contribution is 6.32. The molecule has 0 radical (unpaired) electrons. The van der Waals surface area contributed by atoms with Gasteiger partial charge in [-0.2, -0.15) is 0 Å². The van der Waals surface area contributed by atoms with Gasteiger partial charge in [-0.15, -0.1) is 0 Å². The minimum atomic E-state index is -1.74. The van der Waals surface area contributed by atoms with Gasteiger partial charge in [0.15, 0.2) is 5.78 Å². The Balaban J connectivity index is 1.87. The molecule has 0 aromatic heterocycles. The van der Waals surface area contributed by atoms with E-state index in [0.29, 0.717) is 21.7 Å². The summed E-state index contributed by atoms with van der Waals surface area (Å²) < 4.78 is 17.0. The Hall–Kier alpha value is -2.94. The van der Waals surface area contributed by atoms with Crippen molar-refractivity contribution < 1.29 is 7.54 Å². The number of nitrogens with zero attached hydrogens (tertiary/aromatic N) is 1. The van der Waals surface area contributed by atoms with Crippen molar-refractivity contribution in [2.45, 2.75) is 6.50 Å². The molecule has 2 nitrogen and oxygen atoms in total. The number of carbonyl (C=O) groups is 1. The number of hydrogen-bond donors (Lipinski definition) is 0. The Kier molecular flexibility index (Phi) is 6.25. The van der Waals surface area contributed by atoms with E-state index in [-0.39, 0.29) is 12.3 Å². The number of Topliss-reactive ketones (excluding diaryl/α,β-unsaturated/α-hetero) is 1. The van der Waals surface area contributed by atoms with Crippen LogP contribution in [0.2, 0.25) is 5.02 Å². The Morgan fingerprint density at radius 3 is 2.21 bits per heavy atom. The maximum Gasteiger partial charge on any atom is 0.190 e. The summed E-state index contributed by atoms with van der Waals surface area (Å²) in [6.45, 7) is 2.33. The first-order valence-electron chi connectivity index (χ1n) is 10.3. The molecule has 0 aliphatic carbocycles. The van der Waals surface area contributed by atoms with E-state index in [1.54, 1.807) is 43.4 Å². The van der Waals surface area contributed by atoms with Crippen LogP contribution in [0.3, 0.4) is 0 Å². The second kappa shape index (κ2) is 10.0. The molecule has 3 aromatic carbocycles. The minimum Gasteiger partial charge on any atom is -0.298 e. The van der Waals surface area contributed by atoms with Crippen molar-refractivity contribution in [3.05, 3.63) is 119 Å². The first-order chi connectivity index (χ1) is 14.8. The Morgan fingerprint density at radius 2 is 1.59 bits per heavy atom. The maximum atomic E-state index is 13.4. The summed E-state index contributed by atoms with van der Waals surface area (Å²) in [5, 5.41) is 0.624. The summed E-state index contributed by atoms with van der Waals surface area (Å²) >= 11 is 5.99. The van der Waals surface area contributed by atoms with Crippen molar-refractivity contribution in [3.63, 3.8) is 0 Å². The van der Waals surface area contributed by atoms with Crippen LogP contribution in [-0.2, 0) is 11.3 Å². The van der Waals surface area contributed by atoms with Crippen molar-refractivity contribution in [1.29, 1.82) is 0 Å². The molecular weight excluding hydrogens is 378 g/mol. The molecule has 0 fully saturated rings. The summed E-state index contributed by atoms with van der Waals surface area (Å²) in [5.74, 6) is -0.225. The molecule has 0 spiro atoms. The van der Waals surface area contributed by atoms with Crippen LogP contribution in [0, 0.1) is 0 Å². The van der Waals surface area contributed by atoms with E-state index in [9.17, 15) is 4.79 Å². The zero-order chi connectivity index (χ0) is 22.4. The number of halogens is 1. The molecule has 0 unspecified atom stereocenters. The van der Waals surface area contributed by atoms with Gasteiger partial charge >= 0.3 is 0 Å². The Labute approximate surface area is 180 Å². The number of allylic oxidation sites excluding steroid dienone is 1. The normalized spacial score (nSPS) is 13.0. The van der Waals surface area contributed by atoms with Gasteiger partial charge in [0.2, 0.25) is 0 Å². The van der Waals surface area contributed by atoms with Crippen LogP contribution in [0.25, 0.3) is 11.6 Å². The fourth-order valence-corrected chi connectivity index (χ4v) is 3.07. The summed E-state index contributed by atoms with van der Waals surface area (Å²) in [6.07, 6.45) is 1.81. The molecule has 0 bridgehead atoms. The zero-order valence-electron chi connectivity index (χ0n) is 18.3. The van der Waals surface area contributed by atoms with Gasteiger partial charge in [0.05, 0.1) is 0 Å². The second-order valence-electron chi connectivity index (χ2n) is 6.74. The van der Waals surface area contributed by atoms with Gasteiger partial charge in [0.1, 0.15) is 0 Å². The largest absolute Gasteiger partial charge is 0.298 e. The standard InChI is InChI=1S/C26H24ClNO/c1-20(18-28(2)19-22-9-5-3-6-10-22)26(29)25(23-11-7-4-8-12-23)17-21-13-15-24(27)16-14-21/h3-17H,1,18-19H2,2H3/b25-17-/i19D2. The first kappa shape index (κ1) is 18.1. The first-order valence-corrected chi connectivity index (χ1v) is 9.69. The van der Waals surface area contributed by atoms with Crippen LogP contribution in [-0.4, -0.2) is 24.3 Å². The van der Waals surface area contributed by atoms with Gasteiger partial charge < -0.3 is 0 Å². The van der Waals surface area contributed by atoms with Gasteiger partial charge in [-0.3, -0.25) is 9.69 Å². The monoisotopic (exact) mass is 403 g/mol. The summed E-state index contributed by atoms with van der Waals surface area (Å²) in [6, 6.07) is 25.5. The van der Waals surface area contributed by atoms with Gasteiger partial charge in [-0.05, 0) is 41.9 Å². The van der Waals surface area contributed by atoms with E-state index >= 15 is 0 Å². The molecule has 0 amide bonds. The van der Waals surface area contributed by atoms with Gasteiger partial charge in [-0.25, -0.2) is 0 Å². The lowest BCUT2D eigenvalue weighted by Gasteiger charge is -2.18. The predicted molar refractivity (Wildman–Crippen MR) is 123 cm³/mol. The Bertz CT molecular complexity index is 1080. The van der Waals surface area contributed by atoms with E-state index in [4.69, 9.17) is 14.3 Å². The fourth-order valence-electron chi connectivity index (χ4n) is 2.94. The second-order valence-corrected chi connectivity index (χ2v) is 7.18. The number of hydrogen-bond acceptors (Lipinski definition) is 2. The van der Waals surface area contributed by atoms with Crippen molar-refractivity contribution >= 4 is 29.0 Å². The average molecular weight is 404 g/mol. The van der Waals surface area contributed by atoms with E-state index < -0.39 is 6.50 Å². The lowest BCUT2D eigenvalue weighted by Crippen LogP contribution is -2.23. The topological polar surface area (TPSA) is 20.3 Å². The smallest absolute Gasteiger partial charge is 0.190 e. The lowest BCUT2D eigenvalue weighted by atomic mass is 9.95. The number of benzene rings is 3. The third-order valence-electron chi connectivity index (χ3n) is 4.35. The molecule has 29 heavy (non-hydrogen) atoms. The van der Waals surface area contributed by atoms with Crippen LogP contribution in [0.5, 0.6) is 0 Å². The molecule has 3 aromatic rings. The quantitative estimate of drug-likeness (QED) is 0.332. The van der Waals surface area contributed by atoms with Crippen molar-refractivity contribution in [1.82, 2.24) is 4.90 Å². The minimum absolute atomic E-state index is 0.0888. The molecule has 0 N–H and O–H groups in total. The Morgan fingerprint density at radius 1 is 1.00 bits per heavy atom. The molecule has 3 rings (SSSR count). The van der Waals surface area contributed by atoms with Gasteiger partial charge in [0.25, 0.3) is 0 Å². The third kappa shape index (κ3) is 6.02. The summed E-state index contributed by atoms with van der Waals surface area (Å²) in [5.41, 5.74) is 2.96. The molecule has 146 valence electrons. The molecule has 0 atom stereocenters. The van der Waals surface area contributed by atoms with Crippen LogP contribution in [0.15, 0.2) is 97.1 Å². The van der Waals surface area contributed by atoms with Crippen LogP contribution >= 0.6 is 11.6 Å². The van der Waals surface area contributed by atoms with Gasteiger partial charge in [0, 0.05) is 32.0 Å². The average Bonchev–Trinajstić information content (AvgIpc) is 2.79. The van der Waals surface area contributed by atoms with Crippen LogP contribution in [0.1, 0.15) is 19.4 Å². The molecule has 0 heterocycles. The number of carbonyl (C=O) groups excluding carboxylic acids is 1. The molecular formula is C26H24ClNO. The maximum absolute atomic E-state index is 13.4. The number of rotatable bonds is 8. The van der Waals surface area contributed by atoms with E-state index in [0.717, 1.165) is 11.1 Å². The predicted octanol–water partition coefficient (Wildman–Crippen LogP) is 6.14. The SMILES string of the molecule is [2H]C([2H])(c1ccccc1)N(C)CC(=C)C(=O)/C(=C\c1ccc(Cl)cc1)c1ccccc1. The van der Waals surface area contributed by atoms with E-state index in [2.05, 4.69) is 6.58 Å². The van der Waals surface area contributed by atoms with Crippen LogP contribution < -0.4 is 0 Å². The van der Waals surface area contributed by atoms with E-state index in [1.165, 1.54) is 4.90 Å². The summed E-state index contributed by atoms with van der Waals surface area (Å²) in [4.78, 5) is 14.9. The molecule has 0 saturated carbocycles. The van der Waals surface area contributed by atoms with Gasteiger partial charge in [-0.1, -0.05) is 91.0 Å². The molecule has 0 saturated heterocycles. The zero-order valence-corrected chi connectivity index (χ0v) is 17.1. The number of ketones is 1. The summed E-state index contributed by atoms with van der Waals surface area (Å²) in [7, 11) is 1.65. The molecule has 0 aliphatic rings. The number of likely N-dealkylation sites (N-methyl/N-ethyl adjacent to an activating group) is 1. The molecule has 0 aliphatic heterocycles. The molecule has 3 heteroatoms. The third-order valence-corrected chi connectivity index (χ3v) is 4.61. The highest BCUT2D eigenvalue weighted by Gasteiger charge is 2.17. The van der Waals surface area contributed by atoms with Crippen molar-refractivity contribution in [2.24, 2.45) is 0 Å². The van der Waals surface area contributed by atoms with Crippen molar-refractivity contribution in [2.75, 3.05) is 13.6 Å². The van der Waals surface area contributed by atoms with Crippen LogP contribution in [0.4, 0.5) is 0 Å². The highest BCUT2D eigenvalue weighted by atomic mass is 35.5.